The molecule has 1 heterocycles. The number of carbonyl (C=O) groups excluding carboxylic acids is 2. The number of nitrogens with one attached hydrogen (secondary N) is 2. The van der Waals surface area contributed by atoms with Crippen molar-refractivity contribution >= 4 is 11.8 Å². The molecule has 5 atom stereocenters. The molecule has 9 nitrogen and oxygen atoms in total. The van der Waals surface area contributed by atoms with Crippen LogP contribution in [-0.2, 0) is 19.4 Å². The number of allylic oxidation sites excluding steroid dienone is 10. The van der Waals surface area contributed by atoms with E-state index in [0.29, 0.717) is 31.8 Å². The molecule has 0 spiro atoms. The average molecular weight is 743 g/mol. The van der Waals surface area contributed by atoms with Gasteiger partial charge >= 0.3 is 0 Å². The van der Waals surface area contributed by atoms with Crippen LogP contribution in [0, 0.1) is 11.8 Å². The van der Waals surface area contributed by atoms with E-state index in [4.69, 9.17) is 20.0 Å². The Morgan fingerprint density at radius 1 is 0.660 bits per heavy atom. The molecule has 2 bridgehead atoms. The number of aliphatic hydroxyl groups is 3. The molecule has 0 aromatic rings. The van der Waals surface area contributed by atoms with Crippen LogP contribution in [0.2, 0.25) is 0 Å². The zero-order valence-electron chi connectivity index (χ0n) is 33.1. The van der Waals surface area contributed by atoms with Gasteiger partial charge in [0.25, 0.3) is 0 Å². The van der Waals surface area contributed by atoms with Crippen LogP contribution in [-0.4, -0.2) is 71.7 Å². The highest BCUT2D eigenvalue weighted by Crippen LogP contribution is 2.45. The number of aliphatic hydroxyl groups excluding tert-OH is 3. The van der Waals surface area contributed by atoms with Crippen molar-refractivity contribution in [1.82, 2.24) is 10.6 Å². The van der Waals surface area contributed by atoms with Crippen molar-refractivity contribution in [3.05, 3.63) is 72.9 Å². The summed E-state index contributed by atoms with van der Waals surface area (Å²) in [6.45, 7) is 5.05. The summed E-state index contributed by atoms with van der Waals surface area (Å²) in [4.78, 5) is 33.6. The average Bonchev–Trinajstić information content (AvgIpc) is 3.77. The molecular weight excluding hydrogens is 668 g/mol. The lowest BCUT2D eigenvalue weighted by Crippen LogP contribution is -2.28. The lowest BCUT2D eigenvalue weighted by Gasteiger charge is -2.27. The lowest BCUT2D eigenvalue weighted by atomic mass is 9.89. The van der Waals surface area contributed by atoms with Gasteiger partial charge in [-0.3, -0.25) is 9.59 Å². The first-order valence-electron chi connectivity index (χ1n) is 20.6. The Morgan fingerprint density at radius 3 is 1.70 bits per heavy atom. The minimum Gasteiger partial charge on any atom is -0.395 e. The Hall–Kier alpha value is -2.82. The number of carbonyl (C=O) groups is 2. The Bertz CT molecular complexity index is 1080. The van der Waals surface area contributed by atoms with Crippen molar-refractivity contribution in [3.63, 3.8) is 0 Å². The Morgan fingerprint density at radius 2 is 1.15 bits per heavy atom. The molecule has 0 radical (unpaired) electrons. The van der Waals surface area contributed by atoms with Crippen LogP contribution < -0.4 is 10.6 Å². The van der Waals surface area contributed by atoms with Crippen molar-refractivity contribution in [1.29, 1.82) is 0 Å². The number of fused-ring (bicyclic) bond motifs is 2. The maximum atomic E-state index is 11.5. The maximum Gasteiger partial charge on any atom is 0.220 e. The summed E-state index contributed by atoms with van der Waals surface area (Å²) < 4.78 is 0. The van der Waals surface area contributed by atoms with E-state index in [1.807, 2.05) is 6.08 Å². The van der Waals surface area contributed by atoms with E-state index in [1.54, 1.807) is 0 Å². The van der Waals surface area contributed by atoms with Gasteiger partial charge in [-0.25, -0.2) is 9.78 Å². The van der Waals surface area contributed by atoms with Gasteiger partial charge in [-0.15, -0.1) is 0 Å². The van der Waals surface area contributed by atoms with Gasteiger partial charge in [0, 0.05) is 44.2 Å². The van der Waals surface area contributed by atoms with Crippen molar-refractivity contribution in [2.75, 3.05) is 26.3 Å². The highest BCUT2D eigenvalue weighted by atomic mass is 17.2. The van der Waals surface area contributed by atoms with Gasteiger partial charge < -0.3 is 26.0 Å². The van der Waals surface area contributed by atoms with Gasteiger partial charge in [-0.1, -0.05) is 119 Å². The second-order valence-electron chi connectivity index (χ2n) is 13.9. The molecule has 2 fully saturated rings. The number of hydrogen-bond donors (Lipinski definition) is 5. The normalized spacial score (nSPS) is 20.5. The first-order valence-corrected chi connectivity index (χ1v) is 20.6. The van der Waals surface area contributed by atoms with E-state index < -0.39 is 0 Å². The summed E-state index contributed by atoms with van der Waals surface area (Å²) in [7, 11) is 0. The summed E-state index contributed by atoms with van der Waals surface area (Å²) in [5.74, 6) is 0.671. The fourth-order valence-corrected chi connectivity index (χ4v) is 6.23. The summed E-state index contributed by atoms with van der Waals surface area (Å²) in [6.07, 6.45) is 44.4. The summed E-state index contributed by atoms with van der Waals surface area (Å²) in [5, 5.41) is 32.7. The van der Waals surface area contributed by atoms with E-state index in [9.17, 15) is 14.7 Å². The van der Waals surface area contributed by atoms with Gasteiger partial charge in [0.05, 0.1) is 25.4 Å². The van der Waals surface area contributed by atoms with Gasteiger partial charge in [-0.2, -0.15) is 0 Å². The highest BCUT2D eigenvalue weighted by molar-refractivity contribution is 5.76. The minimum absolute atomic E-state index is 0.00289. The Labute approximate surface area is 321 Å². The van der Waals surface area contributed by atoms with Crippen molar-refractivity contribution in [2.24, 2.45) is 11.8 Å². The van der Waals surface area contributed by atoms with E-state index in [2.05, 4.69) is 91.3 Å². The molecule has 1 aliphatic carbocycles. The van der Waals surface area contributed by atoms with Crippen LogP contribution in [0.5, 0.6) is 0 Å². The number of hydrogen-bond acceptors (Lipinski definition) is 7. The fourth-order valence-electron chi connectivity index (χ4n) is 6.23. The lowest BCUT2D eigenvalue weighted by molar-refractivity contribution is -0.336. The second kappa shape index (κ2) is 34.9. The first-order chi connectivity index (χ1) is 26.0. The highest BCUT2D eigenvalue weighted by Gasteiger charge is 2.49. The zero-order chi connectivity index (χ0) is 38.6. The first kappa shape index (κ1) is 48.2. The van der Waals surface area contributed by atoms with Crippen molar-refractivity contribution < 1.29 is 34.7 Å². The van der Waals surface area contributed by atoms with Gasteiger partial charge in [-0.05, 0) is 70.6 Å². The number of amides is 2. The molecule has 1 aliphatic heterocycles. The van der Waals surface area contributed by atoms with Crippen molar-refractivity contribution in [2.45, 2.75) is 154 Å². The number of rotatable bonds is 30. The molecule has 0 unspecified atom stereocenters. The predicted molar refractivity (Wildman–Crippen MR) is 217 cm³/mol. The molecule has 9 heteroatoms. The zero-order valence-corrected chi connectivity index (χ0v) is 33.1. The maximum absolute atomic E-state index is 11.5. The molecule has 1 saturated heterocycles. The predicted octanol–water partition coefficient (Wildman–Crippen LogP) is 8.28. The Kier molecular flexibility index (Phi) is 31.8. The van der Waals surface area contributed by atoms with Crippen LogP contribution in [0.1, 0.15) is 136 Å². The van der Waals surface area contributed by atoms with Crippen LogP contribution in [0.3, 0.4) is 0 Å². The third-order valence-corrected chi connectivity index (χ3v) is 9.28. The molecule has 0 aromatic heterocycles. The molecule has 0 aromatic carbocycles. The van der Waals surface area contributed by atoms with Gasteiger partial charge in [0.15, 0.2) is 0 Å². The van der Waals surface area contributed by atoms with E-state index in [-0.39, 0.29) is 49.3 Å². The summed E-state index contributed by atoms with van der Waals surface area (Å²) in [5.41, 5.74) is 0. The smallest absolute Gasteiger partial charge is 0.220 e. The molecule has 2 rings (SSSR count). The van der Waals surface area contributed by atoms with Crippen LogP contribution in [0.4, 0.5) is 0 Å². The molecule has 1 saturated carbocycles. The van der Waals surface area contributed by atoms with Crippen LogP contribution >= 0.6 is 0 Å². The largest absolute Gasteiger partial charge is 0.395 e. The summed E-state index contributed by atoms with van der Waals surface area (Å²) in [6, 6.07) is 0. The standard InChI is InChI=1S/C22H37NO5.C22H37NO2/c1-2-3-6-9-17(25)12-13-19-18(20-16-21(19)28-27-20)10-7-4-5-8-11-22(26)23-14-15-24;1-2-3-4-5-6-7-8-9-10-11-12-13-14-15-16-17-18-19-22(25)23-20-21-24/h4,7,12-13,17-21,24-25H,2-3,5-6,8-11,14-16H2,1H3,(H,23,26);6-7,9-10,12-13,15-16,24H,2-5,8,11,14,17-21H2,1H3,(H,23,25)/b7-4-,13-12+;7-6-,10-9-,13-12-,16-15-/t17-,18+,19+,20-,21+;/m0./s1. The third-order valence-electron chi connectivity index (χ3n) is 9.28. The van der Waals surface area contributed by atoms with E-state index in [0.717, 1.165) is 83.5 Å². The number of unbranched alkanes of at least 4 members (excludes halogenated alkanes) is 7. The molecule has 53 heavy (non-hydrogen) atoms. The Balaban J connectivity index is 0.000000535. The van der Waals surface area contributed by atoms with Gasteiger partial charge in [0.2, 0.25) is 11.8 Å². The van der Waals surface area contributed by atoms with E-state index >= 15 is 0 Å². The molecular formula is C44H74N2O7. The van der Waals surface area contributed by atoms with E-state index in [1.165, 1.54) is 25.7 Å². The topological polar surface area (TPSA) is 137 Å². The molecule has 302 valence electrons. The SMILES string of the molecule is CCCCC/C=C\C/C=C\C/C=C\C/C=C\CCCC(=O)NCCO.CCCCC[C@H](O)/C=C/[C@@H]1[C@@H](C/C=C\CCCC(=O)NCCO)[C@@H]2C[C@H]1OO2. The minimum atomic E-state index is -0.375. The summed E-state index contributed by atoms with van der Waals surface area (Å²) >= 11 is 0. The van der Waals surface area contributed by atoms with Crippen LogP contribution in [0.15, 0.2) is 72.9 Å². The van der Waals surface area contributed by atoms with Crippen molar-refractivity contribution in [3.8, 4) is 0 Å². The monoisotopic (exact) mass is 743 g/mol. The second-order valence-corrected chi connectivity index (χ2v) is 13.9. The quantitative estimate of drug-likeness (QED) is 0.0284. The third kappa shape index (κ3) is 26.6. The fraction of sp³-hybridized carbons (Fsp3) is 0.682. The molecule has 2 aliphatic rings. The van der Waals surface area contributed by atoms with Crippen LogP contribution in [0.25, 0.3) is 0 Å². The molecule has 2 amide bonds. The van der Waals surface area contributed by atoms with Gasteiger partial charge in [0.1, 0.15) is 6.10 Å². The molecule has 5 N–H and O–H groups in total.